The predicted octanol–water partition coefficient (Wildman–Crippen LogP) is 6.66. The summed E-state index contributed by atoms with van der Waals surface area (Å²) in [7, 11) is -0.0923. The Labute approximate surface area is 175 Å². The van der Waals surface area contributed by atoms with Crippen LogP contribution in [-0.4, -0.2) is 39.7 Å². The van der Waals surface area contributed by atoms with Gasteiger partial charge in [0.05, 0.1) is 0 Å². The first kappa shape index (κ1) is 30.3. The molecule has 0 saturated heterocycles. The number of hydrogen-bond acceptors (Lipinski definition) is 2. The fraction of sp³-hybridized carbons (Fsp3) is 1.00. The van der Waals surface area contributed by atoms with E-state index in [0.29, 0.717) is 0 Å². The van der Waals surface area contributed by atoms with Crippen LogP contribution in [0.25, 0.3) is 0 Å². The molecule has 172 valence electrons. The van der Waals surface area contributed by atoms with Gasteiger partial charge in [0.15, 0.2) is 0 Å². The first-order valence-electron chi connectivity index (χ1n) is 11.7. The van der Waals surface area contributed by atoms with E-state index in [0.717, 1.165) is 6.04 Å². The van der Waals surface area contributed by atoms with Gasteiger partial charge in [0.2, 0.25) is 0 Å². The summed E-state index contributed by atoms with van der Waals surface area (Å²) in [5, 5.41) is 0. The largest absolute Gasteiger partial charge is 0.466 e. The number of unbranched alkanes of at least 4 members (excludes halogenated alkanes) is 13. The Kier molecular flexibility index (Phi) is 23.5. The highest BCUT2D eigenvalue weighted by Crippen LogP contribution is 2.25. The van der Waals surface area contributed by atoms with Crippen LogP contribution in [0.5, 0.6) is 0 Å². The second-order valence-electron chi connectivity index (χ2n) is 8.30. The summed E-state index contributed by atoms with van der Waals surface area (Å²) in [4.78, 5) is 24.0. The Morgan fingerprint density at radius 1 is 0.607 bits per heavy atom. The van der Waals surface area contributed by atoms with Crippen molar-refractivity contribution < 1.29 is 19.2 Å². The number of phosphoric acid groups is 1. The van der Waals surface area contributed by atoms with Gasteiger partial charge in [0, 0.05) is 6.04 Å². The minimum atomic E-state index is -4.64. The molecule has 0 bridgehead atoms. The zero-order valence-electron chi connectivity index (χ0n) is 19.2. The van der Waals surface area contributed by atoms with E-state index in [1.807, 2.05) is 0 Å². The first-order valence-corrected chi connectivity index (χ1v) is 13.2. The van der Waals surface area contributed by atoms with Crippen LogP contribution in [0, 0.1) is 0 Å². The van der Waals surface area contributed by atoms with Crippen LogP contribution in [0.2, 0.25) is 0 Å². The minimum Gasteiger partial charge on any atom is -0.306 e. The fourth-order valence-corrected chi connectivity index (χ4v) is 3.51. The average Bonchev–Trinajstić information content (AvgIpc) is 2.59. The third kappa shape index (κ3) is 30.8. The van der Waals surface area contributed by atoms with E-state index in [-0.39, 0.29) is 0 Å². The smallest absolute Gasteiger partial charge is 0.306 e. The zero-order chi connectivity index (χ0) is 21.7. The van der Waals surface area contributed by atoms with Crippen LogP contribution >= 0.6 is 7.82 Å². The molecular formula is C22H50NO4P. The van der Waals surface area contributed by atoms with Crippen molar-refractivity contribution in [2.75, 3.05) is 14.1 Å². The van der Waals surface area contributed by atoms with Gasteiger partial charge in [0.1, 0.15) is 0 Å². The lowest BCUT2D eigenvalue weighted by atomic mass is 9.99. The Morgan fingerprint density at radius 2 is 0.857 bits per heavy atom. The summed E-state index contributed by atoms with van der Waals surface area (Å²) in [6.45, 7) is 4.60. The lowest BCUT2D eigenvalue weighted by molar-refractivity contribution is 0.251. The molecule has 0 spiro atoms. The maximum absolute atomic E-state index is 8.88. The van der Waals surface area contributed by atoms with Gasteiger partial charge in [-0.05, 0) is 26.9 Å². The van der Waals surface area contributed by atoms with Crippen LogP contribution in [0.1, 0.15) is 123 Å². The summed E-state index contributed by atoms with van der Waals surface area (Å²) < 4.78 is 8.88. The highest BCUT2D eigenvalue weighted by Gasteiger charge is 2.10. The quantitative estimate of drug-likeness (QED) is 0.170. The average molecular weight is 424 g/mol. The van der Waals surface area contributed by atoms with Crippen molar-refractivity contribution in [2.24, 2.45) is 0 Å². The topological polar surface area (TPSA) is 81.0 Å². The van der Waals surface area contributed by atoms with Crippen LogP contribution < -0.4 is 0 Å². The normalized spacial score (nSPS) is 12.7. The van der Waals surface area contributed by atoms with E-state index >= 15 is 0 Å². The molecule has 6 heteroatoms. The zero-order valence-corrected chi connectivity index (χ0v) is 20.1. The van der Waals surface area contributed by atoms with E-state index in [1.165, 1.54) is 109 Å². The predicted molar refractivity (Wildman–Crippen MR) is 122 cm³/mol. The molecule has 3 N–H and O–H groups in total. The van der Waals surface area contributed by atoms with E-state index in [1.54, 1.807) is 0 Å². The molecule has 0 aliphatic rings. The third-order valence-corrected chi connectivity index (χ3v) is 5.26. The van der Waals surface area contributed by atoms with E-state index < -0.39 is 7.82 Å². The van der Waals surface area contributed by atoms with Gasteiger partial charge >= 0.3 is 7.82 Å². The molecule has 1 unspecified atom stereocenters. The molecule has 0 aliphatic heterocycles. The molecular weight excluding hydrogens is 373 g/mol. The number of nitrogens with zero attached hydrogens (tertiary/aromatic N) is 1. The van der Waals surface area contributed by atoms with E-state index in [9.17, 15) is 0 Å². The van der Waals surface area contributed by atoms with Crippen molar-refractivity contribution in [1.82, 2.24) is 4.90 Å². The van der Waals surface area contributed by atoms with Crippen molar-refractivity contribution >= 4 is 7.82 Å². The third-order valence-electron chi connectivity index (χ3n) is 5.26. The van der Waals surface area contributed by atoms with E-state index in [4.69, 9.17) is 19.2 Å². The molecule has 1 atom stereocenters. The molecule has 0 saturated carbocycles. The van der Waals surface area contributed by atoms with Gasteiger partial charge in [-0.1, -0.05) is 110 Å². The number of hydrogen-bond donors (Lipinski definition) is 3. The molecule has 28 heavy (non-hydrogen) atoms. The van der Waals surface area contributed by atoms with Crippen LogP contribution in [-0.2, 0) is 4.57 Å². The Balaban J connectivity index is 0. The molecule has 0 radical (unpaired) electrons. The molecule has 0 aromatic heterocycles. The van der Waals surface area contributed by atoms with Gasteiger partial charge in [0.25, 0.3) is 0 Å². The second kappa shape index (κ2) is 21.8. The van der Waals surface area contributed by atoms with Crippen LogP contribution in [0.4, 0.5) is 0 Å². The van der Waals surface area contributed by atoms with Crippen molar-refractivity contribution in [1.29, 1.82) is 0 Å². The summed E-state index contributed by atoms with van der Waals surface area (Å²) in [5.74, 6) is 0. The maximum Gasteiger partial charge on any atom is 0.466 e. The number of rotatable bonds is 18. The molecule has 0 fully saturated rings. The van der Waals surface area contributed by atoms with Crippen LogP contribution in [0.3, 0.4) is 0 Å². The van der Waals surface area contributed by atoms with Crippen molar-refractivity contribution in [3.05, 3.63) is 0 Å². The molecule has 5 nitrogen and oxygen atoms in total. The highest BCUT2D eigenvalue weighted by atomic mass is 31.2. The van der Waals surface area contributed by atoms with Crippen LogP contribution in [0.15, 0.2) is 0 Å². The van der Waals surface area contributed by atoms with Gasteiger partial charge < -0.3 is 19.6 Å². The van der Waals surface area contributed by atoms with Gasteiger partial charge in [-0.2, -0.15) is 0 Å². The Morgan fingerprint density at radius 3 is 1.11 bits per heavy atom. The van der Waals surface area contributed by atoms with Gasteiger partial charge in [-0.25, -0.2) is 4.57 Å². The van der Waals surface area contributed by atoms with E-state index in [2.05, 4.69) is 32.8 Å². The lowest BCUT2D eigenvalue weighted by Crippen LogP contribution is -2.27. The highest BCUT2D eigenvalue weighted by molar-refractivity contribution is 7.45. The Hall–Kier alpha value is 0.0700. The first-order chi connectivity index (χ1) is 13.2. The van der Waals surface area contributed by atoms with Gasteiger partial charge in [-0.15, -0.1) is 0 Å². The maximum atomic E-state index is 8.88. The Bertz CT molecular complexity index is 339. The summed E-state index contributed by atoms with van der Waals surface area (Å²) in [6.07, 6.45) is 24.4. The summed E-state index contributed by atoms with van der Waals surface area (Å²) in [5.41, 5.74) is 0. The molecule has 0 amide bonds. The minimum absolute atomic E-state index is 0.825. The van der Waals surface area contributed by atoms with Gasteiger partial charge in [-0.3, -0.25) is 0 Å². The SMILES string of the molecule is CCCCCCCCCCCC(CCCCCCCC)N(C)C.O=P(O)(O)O. The standard InChI is InChI=1S/C22H47N.H3O4P/c1-5-7-9-11-13-14-15-17-19-21-22(23(3)4)20-18-16-12-10-8-6-2;1-5(2,3)4/h22H,5-21H2,1-4H3;(H3,1,2,3,4). The second-order valence-corrected chi connectivity index (χ2v) is 9.33. The lowest BCUT2D eigenvalue weighted by Gasteiger charge is -2.24. The fourth-order valence-electron chi connectivity index (χ4n) is 3.51. The summed E-state index contributed by atoms with van der Waals surface area (Å²) in [6, 6.07) is 0.825. The van der Waals surface area contributed by atoms with Crippen molar-refractivity contribution in [2.45, 2.75) is 129 Å². The van der Waals surface area contributed by atoms with Crippen molar-refractivity contribution in [3.63, 3.8) is 0 Å². The monoisotopic (exact) mass is 423 g/mol. The van der Waals surface area contributed by atoms with Crippen molar-refractivity contribution in [3.8, 4) is 0 Å². The molecule has 0 rings (SSSR count). The molecule has 0 aromatic rings. The summed E-state index contributed by atoms with van der Waals surface area (Å²) >= 11 is 0. The molecule has 0 aliphatic carbocycles. The molecule has 0 heterocycles. The molecule has 0 aromatic carbocycles.